The molecule has 0 saturated carbocycles. The second kappa shape index (κ2) is 6.95. The van der Waals surface area contributed by atoms with Gasteiger partial charge in [-0.15, -0.1) is 0 Å². The summed E-state index contributed by atoms with van der Waals surface area (Å²) in [4.78, 5) is 14.0. The largest absolute Gasteiger partial charge is 0.493 e. The number of hydrogen-bond acceptors (Lipinski definition) is 3. The van der Waals surface area contributed by atoms with Crippen molar-refractivity contribution in [1.82, 2.24) is 4.90 Å². The fraction of sp³-hybridized carbons (Fsp3) is 0.632. The average Bonchev–Trinajstić information content (AvgIpc) is 2.88. The molecule has 1 saturated heterocycles. The summed E-state index contributed by atoms with van der Waals surface area (Å²) in [5, 5.41) is 0. The highest BCUT2D eigenvalue weighted by Crippen LogP contribution is 2.40. The van der Waals surface area contributed by atoms with Crippen LogP contribution in [0.2, 0.25) is 0 Å². The quantitative estimate of drug-likeness (QED) is 0.709. The summed E-state index contributed by atoms with van der Waals surface area (Å²) in [6.07, 6.45) is 3.04. The van der Waals surface area contributed by atoms with Crippen molar-refractivity contribution in [3.8, 4) is 5.75 Å². The first kappa shape index (κ1) is 17.6. The van der Waals surface area contributed by atoms with Gasteiger partial charge in [0.25, 0.3) is 0 Å². The van der Waals surface area contributed by atoms with E-state index in [1.807, 2.05) is 25.7 Å². The van der Waals surface area contributed by atoms with Crippen molar-refractivity contribution in [2.24, 2.45) is 5.92 Å². The SMILES string of the molecule is CC(C)(C)OC(=O)N1CCC(CC2COc3cc(Br)ccc32)CC1. The first-order valence-electron chi connectivity index (χ1n) is 8.72. The Hall–Kier alpha value is -1.23. The van der Waals surface area contributed by atoms with Crippen LogP contribution in [0.25, 0.3) is 0 Å². The summed E-state index contributed by atoms with van der Waals surface area (Å²) in [6.45, 7) is 8.09. The fourth-order valence-electron chi connectivity index (χ4n) is 3.53. The maximum atomic E-state index is 12.1. The third kappa shape index (κ3) is 4.24. The van der Waals surface area contributed by atoms with E-state index in [2.05, 4.69) is 34.1 Å². The molecule has 0 aromatic heterocycles. The van der Waals surface area contributed by atoms with Crippen LogP contribution < -0.4 is 4.74 Å². The van der Waals surface area contributed by atoms with Crippen molar-refractivity contribution >= 4 is 22.0 Å². The molecule has 1 fully saturated rings. The molecule has 1 unspecified atom stereocenters. The Kier molecular flexibility index (Phi) is 5.09. The normalized spacial score (nSPS) is 21.3. The maximum Gasteiger partial charge on any atom is 0.410 e. The van der Waals surface area contributed by atoms with Gasteiger partial charge >= 0.3 is 6.09 Å². The molecule has 2 heterocycles. The number of likely N-dealkylation sites (tertiary alicyclic amines) is 1. The lowest BCUT2D eigenvalue weighted by Gasteiger charge is -2.34. The van der Waals surface area contributed by atoms with Crippen LogP contribution in [-0.2, 0) is 4.74 Å². The highest BCUT2D eigenvalue weighted by Gasteiger charge is 2.31. The molecule has 2 aliphatic heterocycles. The zero-order valence-electron chi connectivity index (χ0n) is 14.7. The molecule has 1 aromatic carbocycles. The van der Waals surface area contributed by atoms with Crippen LogP contribution >= 0.6 is 15.9 Å². The van der Waals surface area contributed by atoms with Gasteiger partial charge in [0.1, 0.15) is 11.4 Å². The van der Waals surface area contributed by atoms with Crippen molar-refractivity contribution in [2.45, 2.75) is 51.6 Å². The number of hydrogen-bond donors (Lipinski definition) is 0. The second-order valence-corrected chi connectivity index (χ2v) is 8.75. The summed E-state index contributed by atoms with van der Waals surface area (Å²) >= 11 is 3.49. The van der Waals surface area contributed by atoms with E-state index in [1.165, 1.54) is 5.56 Å². The molecule has 2 aliphatic rings. The summed E-state index contributed by atoms with van der Waals surface area (Å²) in [7, 11) is 0. The van der Waals surface area contributed by atoms with Gasteiger partial charge < -0.3 is 14.4 Å². The topological polar surface area (TPSA) is 38.8 Å². The van der Waals surface area contributed by atoms with Crippen molar-refractivity contribution in [3.63, 3.8) is 0 Å². The van der Waals surface area contributed by atoms with E-state index in [0.717, 1.165) is 49.2 Å². The minimum absolute atomic E-state index is 0.180. The summed E-state index contributed by atoms with van der Waals surface area (Å²) in [5.74, 6) is 2.14. The van der Waals surface area contributed by atoms with Gasteiger partial charge in [-0.2, -0.15) is 0 Å². The lowest BCUT2D eigenvalue weighted by atomic mass is 9.85. The van der Waals surface area contributed by atoms with E-state index in [0.29, 0.717) is 11.8 Å². The Morgan fingerprint density at radius 2 is 2.04 bits per heavy atom. The van der Waals surface area contributed by atoms with Crippen LogP contribution in [0.4, 0.5) is 4.79 Å². The van der Waals surface area contributed by atoms with Gasteiger partial charge in [0.05, 0.1) is 6.61 Å². The number of piperidine rings is 1. The zero-order valence-corrected chi connectivity index (χ0v) is 16.3. The average molecular weight is 396 g/mol. The Morgan fingerprint density at radius 3 is 2.71 bits per heavy atom. The van der Waals surface area contributed by atoms with Gasteiger partial charge in [-0.1, -0.05) is 22.0 Å². The highest BCUT2D eigenvalue weighted by molar-refractivity contribution is 9.10. The zero-order chi connectivity index (χ0) is 17.3. The first-order valence-corrected chi connectivity index (χ1v) is 9.51. The molecule has 5 heteroatoms. The number of fused-ring (bicyclic) bond motifs is 1. The molecular weight excluding hydrogens is 370 g/mol. The summed E-state index contributed by atoms with van der Waals surface area (Å²) < 4.78 is 12.4. The van der Waals surface area contributed by atoms with Crippen LogP contribution in [0.15, 0.2) is 22.7 Å². The molecule has 1 atom stereocenters. The molecule has 0 radical (unpaired) electrons. The molecule has 4 nitrogen and oxygen atoms in total. The number of ether oxygens (including phenoxy) is 2. The van der Waals surface area contributed by atoms with E-state index < -0.39 is 5.60 Å². The standard InChI is InChI=1S/C19H26BrNO3/c1-19(2,3)24-18(22)21-8-6-13(7-9-21)10-14-12-23-17-11-15(20)4-5-16(14)17/h4-5,11,13-14H,6-10,12H2,1-3H3. The van der Waals surface area contributed by atoms with Gasteiger partial charge in [0.2, 0.25) is 0 Å². The molecule has 0 aliphatic carbocycles. The van der Waals surface area contributed by atoms with E-state index >= 15 is 0 Å². The van der Waals surface area contributed by atoms with E-state index in [-0.39, 0.29) is 6.09 Å². The predicted octanol–water partition coefficient (Wildman–Crippen LogP) is 4.96. The molecule has 0 N–H and O–H groups in total. The third-order valence-electron chi connectivity index (χ3n) is 4.74. The summed E-state index contributed by atoms with van der Waals surface area (Å²) in [5.41, 5.74) is 0.903. The van der Waals surface area contributed by atoms with Gasteiger partial charge in [-0.3, -0.25) is 0 Å². The van der Waals surface area contributed by atoms with Crippen LogP contribution in [-0.4, -0.2) is 36.3 Å². The van der Waals surface area contributed by atoms with Crippen molar-refractivity contribution in [1.29, 1.82) is 0 Å². The van der Waals surface area contributed by atoms with E-state index in [1.54, 1.807) is 0 Å². The van der Waals surface area contributed by atoms with Gasteiger partial charge in [0, 0.05) is 29.0 Å². The molecule has 0 bridgehead atoms. The molecular formula is C19H26BrNO3. The van der Waals surface area contributed by atoms with E-state index in [9.17, 15) is 4.79 Å². The number of rotatable bonds is 2. The Labute approximate surface area is 152 Å². The maximum absolute atomic E-state index is 12.1. The molecule has 1 aromatic rings. The molecule has 3 rings (SSSR count). The van der Waals surface area contributed by atoms with Crippen molar-refractivity contribution in [3.05, 3.63) is 28.2 Å². The van der Waals surface area contributed by atoms with Crippen molar-refractivity contribution < 1.29 is 14.3 Å². The molecule has 132 valence electrons. The van der Waals surface area contributed by atoms with Crippen LogP contribution in [0.1, 0.15) is 51.5 Å². The number of amides is 1. The monoisotopic (exact) mass is 395 g/mol. The van der Waals surface area contributed by atoms with Gasteiger partial charge in [-0.25, -0.2) is 4.79 Å². The molecule has 1 amide bonds. The first-order chi connectivity index (χ1) is 11.3. The Morgan fingerprint density at radius 1 is 1.33 bits per heavy atom. The van der Waals surface area contributed by atoms with Crippen LogP contribution in [0, 0.1) is 5.92 Å². The number of nitrogens with zero attached hydrogens (tertiary/aromatic N) is 1. The number of carbonyl (C=O) groups excluding carboxylic acids is 1. The molecule has 24 heavy (non-hydrogen) atoms. The fourth-order valence-corrected chi connectivity index (χ4v) is 3.87. The Bertz CT molecular complexity index is 603. The van der Waals surface area contributed by atoms with Gasteiger partial charge in [-0.05, 0) is 58.1 Å². The third-order valence-corrected chi connectivity index (χ3v) is 5.23. The Balaban J connectivity index is 1.51. The number of carbonyl (C=O) groups is 1. The number of benzene rings is 1. The van der Waals surface area contributed by atoms with Crippen molar-refractivity contribution in [2.75, 3.05) is 19.7 Å². The van der Waals surface area contributed by atoms with E-state index in [4.69, 9.17) is 9.47 Å². The lowest BCUT2D eigenvalue weighted by molar-refractivity contribution is 0.0178. The lowest BCUT2D eigenvalue weighted by Crippen LogP contribution is -2.41. The minimum Gasteiger partial charge on any atom is -0.493 e. The van der Waals surface area contributed by atoms with Gasteiger partial charge in [0.15, 0.2) is 0 Å². The van der Waals surface area contributed by atoms with Crippen LogP contribution in [0.3, 0.4) is 0 Å². The second-order valence-electron chi connectivity index (χ2n) is 7.84. The smallest absolute Gasteiger partial charge is 0.410 e. The molecule has 0 spiro atoms. The highest BCUT2D eigenvalue weighted by atomic mass is 79.9. The van der Waals surface area contributed by atoms with Crippen LogP contribution in [0.5, 0.6) is 5.75 Å². The predicted molar refractivity (Wildman–Crippen MR) is 97.5 cm³/mol. The number of halogens is 1. The summed E-state index contributed by atoms with van der Waals surface area (Å²) in [6, 6.07) is 6.32. The minimum atomic E-state index is -0.424.